The molecule has 0 saturated carbocycles. The normalized spacial score (nSPS) is 2.46. The number of carbonyl (C=O) groups excluding carboxylic acids is 4. The van der Waals surface area contributed by atoms with Crippen molar-refractivity contribution in [3.05, 3.63) is 21.6 Å². The minimum atomic E-state index is 0. The summed E-state index contributed by atoms with van der Waals surface area (Å²) in [5.74, 6) is 0. The maximum Gasteiger partial charge on any atom is 4.00 e. The third-order valence-electron chi connectivity index (χ3n) is 0. The molecule has 0 aliphatic heterocycles. The Morgan fingerprint density at radius 1 is 0.538 bits per heavy atom. The van der Waals surface area contributed by atoms with Crippen molar-refractivity contribution in [3.8, 4) is 0 Å². The molecular formula is C4GeN4O4. The minimum absolute atomic E-state index is 0. The van der Waals surface area contributed by atoms with Gasteiger partial charge < -0.3 is 21.6 Å². The molecule has 0 bridgehead atoms. The predicted molar refractivity (Wildman–Crippen MR) is 42.0 cm³/mol. The summed E-state index contributed by atoms with van der Waals surface area (Å²) in [5, 5.41) is 27.1. The van der Waals surface area contributed by atoms with Crippen LogP contribution in [0.15, 0.2) is 0 Å². The quantitative estimate of drug-likeness (QED) is 0.308. The maximum atomic E-state index is 8.24. The Morgan fingerprint density at radius 3 is 0.538 bits per heavy atom. The standard InChI is InChI=1S/4CNO.Ge/c4*2-1-3;/q4*-1;+4. The molecule has 0 radical (unpaired) electrons. The summed E-state index contributed by atoms with van der Waals surface area (Å²) in [4.78, 5) is 32.9. The van der Waals surface area contributed by atoms with E-state index in [4.69, 9.17) is 40.8 Å². The van der Waals surface area contributed by atoms with E-state index in [2.05, 4.69) is 0 Å². The monoisotopic (exact) mass is 242 g/mol. The van der Waals surface area contributed by atoms with Crippen LogP contribution in [0.1, 0.15) is 0 Å². The van der Waals surface area contributed by atoms with E-state index >= 15 is 0 Å². The van der Waals surface area contributed by atoms with Gasteiger partial charge in [0.05, 0.1) is 0 Å². The van der Waals surface area contributed by atoms with Crippen molar-refractivity contribution in [2.24, 2.45) is 0 Å². The largest absolute Gasteiger partial charge is 4.00 e. The van der Waals surface area contributed by atoms with E-state index in [9.17, 15) is 0 Å². The molecule has 13 heavy (non-hydrogen) atoms. The van der Waals surface area contributed by atoms with Gasteiger partial charge in [0.2, 0.25) is 0 Å². The van der Waals surface area contributed by atoms with Crippen LogP contribution in [0.25, 0.3) is 21.6 Å². The van der Waals surface area contributed by atoms with Crippen LogP contribution in [0.2, 0.25) is 0 Å². The topological polar surface area (TPSA) is 157 Å². The van der Waals surface area contributed by atoms with Gasteiger partial charge in [-0.2, -0.15) is 0 Å². The third-order valence-corrected chi connectivity index (χ3v) is 0. The van der Waals surface area contributed by atoms with E-state index in [0.29, 0.717) is 24.3 Å². The van der Waals surface area contributed by atoms with Crippen molar-refractivity contribution in [2.75, 3.05) is 0 Å². The summed E-state index contributed by atoms with van der Waals surface area (Å²) >= 11 is 0. The van der Waals surface area contributed by atoms with Gasteiger partial charge in [-0.25, -0.2) is 0 Å². The minimum Gasteiger partial charge on any atom is -0.724 e. The van der Waals surface area contributed by atoms with E-state index in [1.165, 1.54) is 0 Å². The molecule has 0 fully saturated rings. The first kappa shape index (κ1) is 30.5. The second-order valence-electron chi connectivity index (χ2n) is 0.365. The molecule has 0 aliphatic carbocycles. The van der Waals surface area contributed by atoms with Crippen LogP contribution in [0.5, 0.6) is 0 Å². The maximum absolute atomic E-state index is 8.24. The zero-order valence-electron chi connectivity index (χ0n) is 5.92. The average molecular weight is 241 g/mol. The van der Waals surface area contributed by atoms with Crippen LogP contribution in [-0.4, -0.2) is 41.9 Å². The van der Waals surface area contributed by atoms with E-state index in [1.807, 2.05) is 0 Å². The molecule has 0 N–H and O–H groups in total. The molecule has 0 rings (SSSR count). The Balaban J connectivity index is -0.0000000213. The van der Waals surface area contributed by atoms with E-state index < -0.39 is 0 Å². The van der Waals surface area contributed by atoms with Crippen molar-refractivity contribution in [3.63, 3.8) is 0 Å². The molecule has 0 spiro atoms. The molecule has 0 aliphatic rings. The van der Waals surface area contributed by atoms with Gasteiger partial charge in [-0.3, -0.25) is 19.2 Å². The zero-order chi connectivity index (χ0) is 10.8. The molecule has 8 nitrogen and oxygen atoms in total. The molecule has 0 amide bonds. The Labute approximate surface area is 83.3 Å². The fourth-order valence-corrected chi connectivity index (χ4v) is 0. The zero-order valence-corrected chi connectivity index (χ0v) is 8.02. The number of rotatable bonds is 0. The summed E-state index contributed by atoms with van der Waals surface area (Å²) < 4.78 is 0. The van der Waals surface area contributed by atoms with Gasteiger partial charge >= 0.3 is 17.6 Å². The van der Waals surface area contributed by atoms with Crippen LogP contribution < -0.4 is 0 Å². The number of isocyanates is 4. The molecule has 0 aromatic heterocycles. The van der Waals surface area contributed by atoms with Crippen molar-refractivity contribution in [1.82, 2.24) is 0 Å². The van der Waals surface area contributed by atoms with Crippen LogP contribution >= 0.6 is 0 Å². The van der Waals surface area contributed by atoms with E-state index in [0.717, 1.165) is 0 Å². The van der Waals surface area contributed by atoms with E-state index in [1.54, 1.807) is 0 Å². The fraction of sp³-hybridized carbons (Fsp3) is 0. The molecule has 0 unspecified atom stereocenters. The molecule has 0 aromatic rings. The predicted octanol–water partition coefficient (Wildman–Crippen LogP) is -0.814. The van der Waals surface area contributed by atoms with Gasteiger partial charge in [0, 0.05) is 0 Å². The van der Waals surface area contributed by atoms with Crippen molar-refractivity contribution >= 4 is 41.9 Å². The van der Waals surface area contributed by atoms with Gasteiger partial charge in [0.1, 0.15) is 0 Å². The van der Waals surface area contributed by atoms with E-state index in [-0.39, 0.29) is 17.6 Å². The Kier molecular flexibility index (Phi) is 455. The summed E-state index contributed by atoms with van der Waals surface area (Å²) in [6.45, 7) is 0. The third kappa shape index (κ3) is 174. The SMILES string of the molecule is [Ge+4].[N-]=C=O.[N-]=C=O.[N-]=C=O.[N-]=C=O. The Hall–Kier alpha value is -1.94. The van der Waals surface area contributed by atoms with Crippen molar-refractivity contribution in [2.45, 2.75) is 0 Å². The van der Waals surface area contributed by atoms with Crippen molar-refractivity contribution < 1.29 is 19.2 Å². The summed E-state index contributed by atoms with van der Waals surface area (Å²) in [6.07, 6.45) is 2.00. The summed E-state index contributed by atoms with van der Waals surface area (Å²) in [5.41, 5.74) is 0. The van der Waals surface area contributed by atoms with Gasteiger partial charge in [0.15, 0.2) is 0 Å². The molecule has 0 heterocycles. The smallest absolute Gasteiger partial charge is 0.724 e. The molecule has 0 aromatic carbocycles. The first-order valence-electron chi connectivity index (χ1n) is 1.71. The number of hydrogen-bond donors (Lipinski definition) is 0. The first-order chi connectivity index (χ1) is 5.66. The number of nitrogens with zero attached hydrogens (tertiary/aromatic N) is 4. The first-order valence-corrected chi connectivity index (χ1v) is 1.71. The average Bonchev–Trinajstić information content (AvgIpc) is 1.92. The van der Waals surface area contributed by atoms with Crippen molar-refractivity contribution in [1.29, 1.82) is 0 Å². The molecular weight excluding hydrogens is 241 g/mol. The number of hydrogen-bond acceptors (Lipinski definition) is 4. The molecule has 9 heteroatoms. The summed E-state index contributed by atoms with van der Waals surface area (Å²) in [7, 11) is 0. The van der Waals surface area contributed by atoms with Crippen LogP contribution in [0.4, 0.5) is 0 Å². The Bertz CT molecular complexity index is 156. The molecule has 0 atom stereocenters. The fourth-order valence-electron chi connectivity index (χ4n) is 0. The van der Waals surface area contributed by atoms with Gasteiger partial charge in [-0.15, -0.1) is 0 Å². The van der Waals surface area contributed by atoms with Gasteiger partial charge in [-0.1, -0.05) is 0 Å². The molecule has 0 saturated heterocycles. The van der Waals surface area contributed by atoms with Gasteiger partial charge in [0.25, 0.3) is 0 Å². The Morgan fingerprint density at radius 2 is 0.538 bits per heavy atom. The second kappa shape index (κ2) is 194. The molecule has 64 valence electrons. The van der Waals surface area contributed by atoms with Crippen LogP contribution in [0.3, 0.4) is 0 Å². The van der Waals surface area contributed by atoms with Crippen LogP contribution in [0, 0.1) is 0 Å². The van der Waals surface area contributed by atoms with Crippen LogP contribution in [-0.2, 0) is 19.2 Å². The second-order valence-corrected chi connectivity index (χ2v) is 0.365. The summed E-state index contributed by atoms with van der Waals surface area (Å²) in [6, 6.07) is 0. The van der Waals surface area contributed by atoms with Gasteiger partial charge in [-0.05, 0) is 24.3 Å².